The van der Waals surface area contributed by atoms with E-state index in [1.165, 1.54) is 4.90 Å². The standard InChI is InChI=1S/C28H22ClN3O3/c1-16-6-12-20(13-7-16)32-27(34)22-23(28(32)35)25(26(33)30-19-10-8-18(29)9-11-19)31-15-14-17-4-2-3-5-21(17)24(22)31/h2-15,22-25H,1H3,(H,30,33)/t22-,23+,24-,25+/m0/s1. The van der Waals surface area contributed by atoms with Crippen LogP contribution in [-0.4, -0.2) is 28.7 Å². The van der Waals surface area contributed by atoms with E-state index in [4.69, 9.17) is 11.6 Å². The number of benzene rings is 3. The molecular weight excluding hydrogens is 462 g/mol. The van der Waals surface area contributed by atoms with Gasteiger partial charge in [-0.3, -0.25) is 14.4 Å². The van der Waals surface area contributed by atoms with Crippen molar-refractivity contribution in [1.29, 1.82) is 0 Å². The highest BCUT2D eigenvalue weighted by Crippen LogP contribution is 2.53. The second-order valence-corrected chi connectivity index (χ2v) is 9.61. The van der Waals surface area contributed by atoms with E-state index in [-0.39, 0.29) is 17.7 Å². The van der Waals surface area contributed by atoms with Gasteiger partial charge in [-0.15, -0.1) is 0 Å². The highest BCUT2D eigenvalue weighted by atomic mass is 35.5. The highest BCUT2D eigenvalue weighted by molar-refractivity contribution is 6.30. The van der Waals surface area contributed by atoms with Crippen LogP contribution in [0.5, 0.6) is 0 Å². The quantitative estimate of drug-likeness (QED) is 0.543. The van der Waals surface area contributed by atoms with E-state index in [2.05, 4.69) is 5.32 Å². The molecule has 6 rings (SSSR count). The molecule has 0 aliphatic carbocycles. The minimum absolute atomic E-state index is 0.272. The minimum Gasteiger partial charge on any atom is -0.357 e. The number of amides is 3. The molecule has 3 aromatic rings. The predicted octanol–water partition coefficient (Wildman–Crippen LogP) is 4.80. The molecule has 0 radical (unpaired) electrons. The number of imide groups is 1. The van der Waals surface area contributed by atoms with Crippen molar-refractivity contribution in [1.82, 2.24) is 4.90 Å². The Morgan fingerprint density at radius 1 is 0.886 bits per heavy atom. The Labute approximate surface area is 207 Å². The van der Waals surface area contributed by atoms with Crippen molar-refractivity contribution in [3.63, 3.8) is 0 Å². The first-order valence-corrected chi connectivity index (χ1v) is 11.9. The Morgan fingerprint density at radius 2 is 1.57 bits per heavy atom. The Hall–Kier alpha value is -3.90. The molecule has 4 atom stereocenters. The lowest BCUT2D eigenvalue weighted by atomic mass is 9.84. The zero-order valence-electron chi connectivity index (χ0n) is 18.9. The van der Waals surface area contributed by atoms with Crippen molar-refractivity contribution < 1.29 is 14.4 Å². The molecule has 2 fully saturated rings. The monoisotopic (exact) mass is 483 g/mol. The number of carbonyl (C=O) groups excluding carboxylic acids is 3. The van der Waals surface area contributed by atoms with Crippen molar-refractivity contribution in [3.05, 3.63) is 101 Å². The van der Waals surface area contributed by atoms with Crippen LogP contribution < -0.4 is 10.2 Å². The number of carbonyl (C=O) groups is 3. The summed E-state index contributed by atoms with van der Waals surface area (Å²) < 4.78 is 0. The molecule has 3 aliphatic heterocycles. The predicted molar refractivity (Wildman–Crippen MR) is 135 cm³/mol. The van der Waals surface area contributed by atoms with E-state index in [9.17, 15) is 14.4 Å². The number of hydrogen-bond donors (Lipinski definition) is 1. The van der Waals surface area contributed by atoms with Crippen LogP contribution in [0.25, 0.3) is 6.08 Å². The molecule has 174 valence electrons. The zero-order valence-corrected chi connectivity index (χ0v) is 19.6. The fourth-order valence-corrected chi connectivity index (χ4v) is 5.68. The Balaban J connectivity index is 1.43. The first-order chi connectivity index (χ1) is 16.9. The average Bonchev–Trinajstić information content (AvgIpc) is 3.34. The van der Waals surface area contributed by atoms with Crippen LogP contribution in [0.3, 0.4) is 0 Å². The summed E-state index contributed by atoms with van der Waals surface area (Å²) in [5.41, 5.74) is 4.07. The molecule has 1 N–H and O–H groups in total. The van der Waals surface area contributed by atoms with Crippen molar-refractivity contribution in [2.75, 3.05) is 10.2 Å². The maximum absolute atomic E-state index is 13.8. The zero-order chi connectivity index (χ0) is 24.3. The van der Waals surface area contributed by atoms with Gasteiger partial charge in [-0.1, -0.05) is 53.6 Å². The van der Waals surface area contributed by atoms with Crippen LogP contribution in [0.2, 0.25) is 5.02 Å². The number of halogens is 1. The summed E-state index contributed by atoms with van der Waals surface area (Å²) in [4.78, 5) is 44.4. The van der Waals surface area contributed by atoms with Gasteiger partial charge in [-0.25, -0.2) is 4.90 Å². The molecule has 7 heteroatoms. The van der Waals surface area contributed by atoms with Gasteiger partial charge in [0.15, 0.2) is 0 Å². The molecule has 0 bridgehead atoms. The molecule has 3 amide bonds. The van der Waals surface area contributed by atoms with Gasteiger partial charge in [0.2, 0.25) is 17.7 Å². The normalized spacial score (nSPS) is 24.3. The summed E-state index contributed by atoms with van der Waals surface area (Å²) in [5.74, 6) is -2.43. The van der Waals surface area contributed by atoms with Crippen molar-refractivity contribution in [2.45, 2.75) is 19.0 Å². The fourth-order valence-electron chi connectivity index (χ4n) is 5.55. The van der Waals surface area contributed by atoms with Crippen LogP contribution in [0.15, 0.2) is 79.0 Å². The van der Waals surface area contributed by atoms with Gasteiger partial charge in [0.05, 0.1) is 23.6 Å². The third-order valence-electron chi connectivity index (χ3n) is 7.13. The Morgan fingerprint density at radius 3 is 2.31 bits per heavy atom. The summed E-state index contributed by atoms with van der Waals surface area (Å²) >= 11 is 5.99. The Bertz CT molecular complexity index is 1380. The largest absolute Gasteiger partial charge is 0.357 e. The SMILES string of the molecule is Cc1ccc(N2C(=O)[C@@H]3[C@H](C2=O)[C@@H]2c4ccccc4C=CN2[C@H]3C(=O)Nc2ccc(Cl)cc2)cc1. The number of nitrogens with zero attached hydrogens (tertiary/aromatic N) is 2. The van der Waals surface area contributed by atoms with Crippen LogP contribution in [-0.2, 0) is 14.4 Å². The molecule has 3 aliphatic rings. The molecule has 3 aromatic carbocycles. The number of aryl methyl sites for hydroxylation is 1. The number of rotatable bonds is 3. The number of anilines is 2. The highest BCUT2D eigenvalue weighted by Gasteiger charge is 2.64. The van der Waals surface area contributed by atoms with E-state index < -0.39 is 23.9 Å². The maximum atomic E-state index is 13.8. The molecule has 3 heterocycles. The van der Waals surface area contributed by atoms with Gasteiger partial charge in [-0.05, 0) is 60.5 Å². The van der Waals surface area contributed by atoms with Gasteiger partial charge in [0.1, 0.15) is 6.04 Å². The summed E-state index contributed by atoms with van der Waals surface area (Å²) in [7, 11) is 0. The summed E-state index contributed by atoms with van der Waals surface area (Å²) in [6.45, 7) is 1.95. The molecule has 0 aromatic heterocycles. The van der Waals surface area contributed by atoms with Crippen molar-refractivity contribution in [2.24, 2.45) is 11.8 Å². The lowest BCUT2D eigenvalue weighted by Gasteiger charge is -2.35. The van der Waals surface area contributed by atoms with E-state index >= 15 is 0 Å². The maximum Gasteiger partial charge on any atom is 0.247 e. The van der Waals surface area contributed by atoms with Gasteiger partial charge in [-0.2, -0.15) is 0 Å². The molecule has 2 saturated heterocycles. The molecule has 0 saturated carbocycles. The Kier molecular flexibility index (Phi) is 5.00. The van der Waals surface area contributed by atoms with Crippen molar-refractivity contribution >= 4 is 46.8 Å². The average molecular weight is 484 g/mol. The minimum atomic E-state index is -0.836. The second-order valence-electron chi connectivity index (χ2n) is 9.18. The summed E-state index contributed by atoms with van der Waals surface area (Å²) in [6, 6.07) is 20.7. The first-order valence-electron chi connectivity index (χ1n) is 11.5. The van der Waals surface area contributed by atoms with Crippen LogP contribution in [0, 0.1) is 18.8 Å². The topological polar surface area (TPSA) is 69.7 Å². The van der Waals surface area contributed by atoms with Gasteiger partial charge < -0.3 is 10.2 Å². The smallest absolute Gasteiger partial charge is 0.247 e. The molecule has 0 spiro atoms. The van der Waals surface area contributed by atoms with E-state index in [0.29, 0.717) is 16.4 Å². The van der Waals surface area contributed by atoms with Crippen LogP contribution in [0.4, 0.5) is 11.4 Å². The first kappa shape index (κ1) is 21.6. The van der Waals surface area contributed by atoms with Crippen LogP contribution in [0.1, 0.15) is 22.7 Å². The number of nitrogens with one attached hydrogen (secondary N) is 1. The third-order valence-corrected chi connectivity index (χ3v) is 7.39. The summed E-state index contributed by atoms with van der Waals surface area (Å²) in [6.07, 6.45) is 3.77. The molecule has 6 nitrogen and oxygen atoms in total. The second kappa shape index (κ2) is 8.10. The summed E-state index contributed by atoms with van der Waals surface area (Å²) in [5, 5.41) is 3.48. The van der Waals surface area contributed by atoms with E-state index in [1.54, 1.807) is 36.4 Å². The molecular formula is C28H22ClN3O3. The van der Waals surface area contributed by atoms with Gasteiger partial charge >= 0.3 is 0 Å². The van der Waals surface area contributed by atoms with E-state index in [0.717, 1.165) is 16.7 Å². The number of fused-ring (bicyclic) bond motifs is 5. The molecule has 35 heavy (non-hydrogen) atoms. The fraction of sp³-hybridized carbons (Fsp3) is 0.179. The third kappa shape index (κ3) is 3.36. The number of hydrogen-bond acceptors (Lipinski definition) is 4. The lowest BCUT2D eigenvalue weighted by molar-refractivity contribution is -0.128. The lowest BCUT2D eigenvalue weighted by Crippen LogP contribution is -2.46. The van der Waals surface area contributed by atoms with Gasteiger partial charge in [0, 0.05) is 16.9 Å². The van der Waals surface area contributed by atoms with E-state index in [1.807, 2.05) is 60.5 Å². The van der Waals surface area contributed by atoms with Crippen LogP contribution >= 0.6 is 11.6 Å². The van der Waals surface area contributed by atoms with Crippen molar-refractivity contribution in [3.8, 4) is 0 Å². The van der Waals surface area contributed by atoms with Gasteiger partial charge in [0.25, 0.3) is 0 Å². The molecule has 0 unspecified atom stereocenters.